The van der Waals surface area contributed by atoms with Crippen LogP contribution in [0.5, 0.6) is 11.5 Å². The first-order valence-electron chi connectivity index (χ1n) is 7.91. The van der Waals surface area contributed by atoms with Gasteiger partial charge >= 0.3 is 5.97 Å². The summed E-state index contributed by atoms with van der Waals surface area (Å²) in [6.07, 6.45) is 0. The number of hydrogen-bond donors (Lipinski definition) is 2. The first-order chi connectivity index (χ1) is 12.0. The molecular formula is C19H21NO5. The molecule has 0 aliphatic heterocycles. The highest BCUT2D eigenvalue weighted by Crippen LogP contribution is 2.28. The van der Waals surface area contributed by atoms with Crippen LogP contribution in [0.4, 0.5) is 5.69 Å². The van der Waals surface area contributed by atoms with Crippen molar-refractivity contribution in [3.8, 4) is 11.5 Å². The zero-order valence-electron chi connectivity index (χ0n) is 14.4. The number of carboxylic acids is 1. The molecule has 132 valence electrons. The smallest absolute Gasteiger partial charge is 0.310 e. The number of amides is 1. The van der Waals surface area contributed by atoms with Crippen molar-refractivity contribution in [3.63, 3.8) is 0 Å². The average Bonchev–Trinajstić information content (AvgIpc) is 2.62. The number of rotatable bonds is 7. The van der Waals surface area contributed by atoms with Crippen LogP contribution in [0.2, 0.25) is 0 Å². The number of carboxylic acid groups (broad SMARTS) is 1. The van der Waals surface area contributed by atoms with Gasteiger partial charge in [0, 0.05) is 11.3 Å². The van der Waals surface area contributed by atoms with Crippen molar-refractivity contribution in [2.24, 2.45) is 0 Å². The number of carbonyl (C=O) groups is 2. The van der Waals surface area contributed by atoms with Gasteiger partial charge < -0.3 is 19.9 Å². The van der Waals surface area contributed by atoms with Gasteiger partial charge in [0.1, 0.15) is 0 Å². The number of ether oxygens (including phenoxy) is 2. The number of carbonyl (C=O) groups excluding carboxylic acids is 1. The Morgan fingerprint density at radius 3 is 2.36 bits per heavy atom. The Hall–Kier alpha value is -3.02. The Kier molecular flexibility index (Phi) is 6.00. The fourth-order valence-electron chi connectivity index (χ4n) is 2.28. The summed E-state index contributed by atoms with van der Waals surface area (Å²) in [6.45, 7) is 3.99. The van der Waals surface area contributed by atoms with E-state index in [-0.39, 0.29) is 5.91 Å². The molecule has 6 nitrogen and oxygen atoms in total. The van der Waals surface area contributed by atoms with Crippen molar-refractivity contribution < 1.29 is 24.2 Å². The Balaban J connectivity index is 2.12. The second kappa shape index (κ2) is 8.19. The van der Waals surface area contributed by atoms with E-state index in [2.05, 4.69) is 5.32 Å². The van der Waals surface area contributed by atoms with Crippen molar-refractivity contribution in [3.05, 3.63) is 53.6 Å². The molecular weight excluding hydrogens is 322 g/mol. The monoisotopic (exact) mass is 343 g/mol. The standard InChI is InChI=1S/C19H21NO5/c1-4-25-16-10-7-14(11-17(16)24-3)18(21)20-15-8-5-13(6-9-15)12(2)19(22)23/h5-12H,4H2,1-3H3,(H,20,21)(H,22,23). The summed E-state index contributed by atoms with van der Waals surface area (Å²) < 4.78 is 10.7. The highest BCUT2D eigenvalue weighted by atomic mass is 16.5. The predicted octanol–water partition coefficient (Wildman–Crippen LogP) is 3.53. The normalized spacial score (nSPS) is 11.5. The van der Waals surface area contributed by atoms with Crippen molar-refractivity contribution in [2.45, 2.75) is 19.8 Å². The van der Waals surface area contributed by atoms with Crippen molar-refractivity contribution in [1.82, 2.24) is 0 Å². The molecule has 25 heavy (non-hydrogen) atoms. The molecule has 0 aliphatic rings. The van der Waals surface area contributed by atoms with Crippen LogP contribution < -0.4 is 14.8 Å². The quantitative estimate of drug-likeness (QED) is 0.803. The van der Waals surface area contributed by atoms with Crippen LogP contribution in [0.1, 0.15) is 35.7 Å². The van der Waals surface area contributed by atoms with Gasteiger partial charge in [0.05, 0.1) is 19.6 Å². The number of hydrogen-bond acceptors (Lipinski definition) is 4. The van der Waals surface area contributed by atoms with E-state index in [4.69, 9.17) is 14.6 Å². The van der Waals surface area contributed by atoms with Gasteiger partial charge in [-0.1, -0.05) is 12.1 Å². The Morgan fingerprint density at radius 2 is 1.80 bits per heavy atom. The summed E-state index contributed by atoms with van der Waals surface area (Å²) in [5, 5.41) is 11.8. The first-order valence-corrected chi connectivity index (χ1v) is 7.91. The van der Waals surface area contributed by atoms with Crippen molar-refractivity contribution in [1.29, 1.82) is 0 Å². The molecule has 0 bridgehead atoms. The minimum Gasteiger partial charge on any atom is -0.493 e. The Morgan fingerprint density at radius 1 is 1.12 bits per heavy atom. The van der Waals surface area contributed by atoms with Gasteiger partial charge in [-0.05, 0) is 49.7 Å². The second-order valence-corrected chi connectivity index (χ2v) is 5.43. The molecule has 0 radical (unpaired) electrons. The highest BCUT2D eigenvalue weighted by Gasteiger charge is 2.14. The van der Waals surface area contributed by atoms with Gasteiger partial charge in [-0.25, -0.2) is 0 Å². The zero-order valence-corrected chi connectivity index (χ0v) is 14.4. The minimum atomic E-state index is -0.890. The van der Waals surface area contributed by atoms with Crippen molar-refractivity contribution >= 4 is 17.6 Å². The van der Waals surface area contributed by atoms with E-state index in [1.54, 1.807) is 49.4 Å². The third-order valence-corrected chi connectivity index (χ3v) is 3.76. The van der Waals surface area contributed by atoms with Crippen LogP contribution in [0.3, 0.4) is 0 Å². The second-order valence-electron chi connectivity index (χ2n) is 5.43. The van der Waals surface area contributed by atoms with Gasteiger partial charge in [0.2, 0.25) is 0 Å². The third-order valence-electron chi connectivity index (χ3n) is 3.76. The predicted molar refractivity (Wildman–Crippen MR) is 94.6 cm³/mol. The summed E-state index contributed by atoms with van der Waals surface area (Å²) in [7, 11) is 1.52. The number of methoxy groups -OCH3 is 1. The molecule has 1 unspecified atom stereocenters. The summed E-state index contributed by atoms with van der Waals surface area (Å²) in [5.41, 5.74) is 1.69. The SMILES string of the molecule is CCOc1ccc(C(=O)Nc2ccc(C(C)C(=O)O)cc2)cc1OC. The topological polar surface area (TPSA) is 84.9 Å². The molecule has 1 atom stereocenters. The van der Waals surface area contributed by atoms with Gasteiger partial charge in [0.25, 0.3) is 5.91 Å². The number of nitrogens with one attached hydrogen (secondary N) is 1. The molecule has 0 saturated carbocycles. The van der Waals surface area contributed by atoms with Crippen LogP contribution in [0.15, 0.2) is 42.5 Å². The first kappa shape index (κ1) is 18.3. The summed E-state index contributed by atoms with van der Waals surface area (Å²) in [6, 6.07) is 11.7. The van der Waals surface area contributed by atoms with E-state index in [0.29, 0.717) is 34.9 Å². The maximum Gasteiger partial charge on any atom is 0.310 e. The minimum absolute atomic E-state index is 0.291. The van der Waals surface area contributed by atoms with E-state index in [1.165, 1.54) is 7.11 Å². The van der Waals surface area contributed by atoms with E-state index in [9.17, 15) is 9.59 Å². The van der Waals surface area contributed by atoms with Crippen LogP contribution >= 0.6 is 0 Å². The number of benzene rings is 2. The lowest BCUT2D eigenvalue weighted by atomic mass is 10.0. The molecule has 2 rings (SSSR count). The fraction of sp³-hybridized carbons (Fsp3) is 0.263. The molecule has 0 spiro atoms. The van der Waals surface area contributed by atoms with Gasteiger partial charge in [-0.3, -0.25) is 9.59 Å². The molecule has 0 aliphatic carbocycles. The molecule has 0 fully saturated rings. The maximum atomic E-state index is 12.4. The molecule has 0 heterocycles. The van der Waals surface area contributed by atoms with Crippen LogP contribution in [-0.4, -0.2) is 30.7 Å². The lowest BCUT2D eigenvalue weighted by Gasteiger charge is -2.12. The van der Waals surface area contributed by atoms with Gasteiger partial charge in [0.15, 0.2) is 11.5 Å². The summed E-state index contributed by atoms with van der Waals surface area (Å²) in [5.74, 6) is -0.715. The van der Waals surface area contributed by atoms with E-state index in [0.717, 1.165) is 0 Å². The molecule has 1 amide bonds. The Labute approximate surface area is 146 Å². The van der Waals surface area contributed by atoms with Crippen LogP contribution in [0, 0.1) is 0 Å². The van der Waals surface area contributed by atoms with E-state index >= 15 is 0 Å². The Bertz CT molecular complexity index is 755. The summed E-state index contributed by atoms with van der Waals surface area (Å²) >= 11 is 0. The largest absolute Gasteiger partial charge is 0.493 e. The maximum absolute atomic E-state index is 12.4. The van der Waals surface area contributed by atoms with E-state index in [1.807, 2.05) is 6.92 Å². The molecule has 0 aromatic heterocycles. The average molecular weight is 343 g/mol. The van der Waals surface area contributed by atoms with Crippen LogP contribution in [0.25, 0.3) is 0 Å². The molecule has 0 saturated heterocycles. The zero-order chi connectivity index (χ0) is 18.4. The lowest BCUT2D eigenvalue weighted by Crippen LogP contribution is -2.12. The third kappa shape index (κ3) is 4.50. The van der Waals surface area contributed by atoms with Crippen molar-refractivity contribution in [2.75, 3.05) is 19.0 Å². The lowest BCUT2D eigenvalue weighted by molar-refractivity contribution is -0.138. The molecule has 2 aromatic carbocycles. The molecule has 2 N–H and O–H groups in total. The fourth-order valence-corrected chi connectivity index (χ4v) is 2.28. The van der Waals surface area contributed by atoms with Gasteiger partial charge in [-0.15, -0.1) is 0 Å². The van der Waals surface area contributed by atoms with Gasteiger partial charge in [-0.2, -0.15) is 0 Å². The van der Waals surface area contributed by atoms with Crippen LogP contribution in [-0.2, 0) is 4.79 Å². The molecule has 2 aromatic rings. The molecule has 6 heteroatoms. The highest BCUT2D eigenvalue weighted by molar-refractivity contribution is 6.04. The summed E-state index contributed by atoms with van der Waals surface area (Å²) in [4.78, 5) is 23.4. The number of aliphatic carboxylic acids is 1. The number of anilines is 1. The van der Waals surface area contributed by atoms with E-state index < -0.39 is 11.9 Å².